The summed E-state index contributed by atoms with van der Waals surface area (Å²) < 4.78 is 2.40. The second kappa shape index (κ2) is 4.59. The number of hydrogen-bond donors (Lipinski definition) is 1. The average molecular weight is 271 g/mol. The highest BCUT2D eigenvalue weighted by atomic mass is 15.1. The molecule has 1 saturated carbocycles. The van der Waals surface area contributed by atoms with E-state index < -0.39 is 0 Å². The number of nitrogens with zero attached hydrogens (tertiary/aromatic N) is 2. The molecule has 0 aliphatic heterocycles. The van der Waals surface area contributed by atoms with Crippen LogP contribution in [0.5, 0.6) is 0 Å². The van der Waals surface area contributed by atoms with Crippen molar-refractivity contribution in [2.24, 2.45) is 11.1 Å². The van der Waals surface area contributed by atoms with Crippen molar-refractivity contribution in [2.45, 2.75) is 52.0 Å². The summed E-state index contributed by atoms with van der Waals surface area (Å²) in [5.41, 5.74) is 8.71. The fourth-order valence-electron chi connectivity index (χ4n) is 3.41. The predicted octanol–water partition coefficient (Wildman–Crippen LogP) is 3.46. The Bertz CT molecular complexity index is 609. The van der Waals surface area contributed by atoms with Gasteiger partial charge in [0.15, 0.2) is 0 Å². The van der Waals surface area contributed by atoms with Crippen LogP contribution in [0, 0.1) is 5.41 Å². The molecule has 2 aromatic rings. The zero-order chi connectivity index (χ0) is 14.4. The van der Waals surface area contributed by atoms with Crippen molar-refractivity contribution in [3.8, 4) is 0 Å². The quantitative estimate of drug-likeness (QED) is 0.929. The van der Waals surface area contributed by atoms with E-state index in [0.717, 1.165) is 18.5 Å². The minimum atomic E-state index is 0.0466. The highest BCUT2D eigenvalue weighted by Crippen LogP contribution is 2.43. The first-order valence-electron chi connectivity index (χ1n) is 7.62. The topological polar surface area (TPSA) is 43.8 Å². The molecule has 0 saturated heterocycles. The van der Waals surface area contributed by atoms with E-state index in [1.165, 1.54) is 30.6 Å². The smallest absolute Gasteiger partial charge is 0.110 e. The summed E-state index contributed by atoms with van der Waals surface area (Å²) in [6.07, 6.45) is 4.82. The van der Waals surface area contributed by atoms with Gasteiger partial charge in [-0.05, 0) is 57.7 Å². The third-order valence-electron chi connectivity index (χ3n) is 4.68. The maximum absolute atomic E-state index is 6.03. The zero-order valence-electron chi connectivity index (χ0n) is 12.8. The molecule has 0 radical (unpaired) electrons. The second-order valence-electron chi connectivity index (χ2n) is 7.26. The van der Waals surface area contributed by atoms with Gasteiger partial charge in [-0.2, -0.15) is 0 Å². The summed E-state index contributed by atoms with van der Waals surface area (Å²) in [5.74, 6) is 1.20. The van der Waals surface area contributed by atoms with Crippen molar-refractivity contribution in [2.75, 3.05) is 6.54 Å². The third kappa shape index (κ3) is 2.14. The molecule has 0 atom stereocenters. The molecule has 1 heterocycles. The van der Waals surface area contributed by atoms with Crippen LogP contribution in [0.25, 0.3) is 11.0 Å². The van der Waals surface area contributed by atoms with Gasteiger partial charge in [-0.3, -0.25) is 0 Å². The SMILES string of the molecule is CC(C)(C)n1c(CC2(CN)CCC2)nc2ccccc21. The Labute approximate surface area is 121 Å². The van der Waals surface area contributed by atoms with Gasteiger partial charge in [0.25, 0.3) is 0 Å². The van der Waals surface area contributed by atoms with E-state index in [4.69, 9.17) is 10.7 Å². The van der Waals surface area contributed by atoms with E-state index in [0.29, 0.717) is 5.41 Å². The van der Waals surface area contributed by atoms with E-state index >= 15 is 0 Å². The molecule has 1 aromatic heterocycles. The van der Waals surface area contributed by atoms with Crippen LogP contribution in [-0.2, 0) is 12.0 Å². The average Bonchev–Trinajstić information content (AvgIpc) is 2.71. The standard InChI is InChI=1S/C17H25N3/c1-16(2,3)20-14-8-5-4-7-13(14)19-15(20)11-17(12-18)9-6-10-17/h4-5,7-8H,6,9-12,18H2,1-3H3. The lowest BCUT2D eigenvalue weighted by molar-refractivity contribution is 0.138. The van der Waals surface area contributed by atoms with Crippen LogP contribution in [0.4, 0.5) is 0 Å². The van der Waals surface area contributed by atoms with Crippen LogP contribution in [0.3, 0.4) is 0 Å². The van der Waals surface area contributed by atoms with Gasteiger partial charge >= 0.3 is 0 Å². The molecule has 1 fully saturated rings. The number of fused-ring (bicyclic) bond motifs is 1. The van der Waals surface area contributed by atoms with Crippen LogP contribution >= 0.6 is 0 Å². The fourth-order valence-corrected chi connectivity index (χ4v) is 3.41. The maximum Gasteiger partial charge on any atom is 0.110 e. The molecular formula is C17H25N3. The fraction of sp³-hybridized carbons (Fsp3) is 0.588. The Morgan fingerprint density at radius 1 is 1.25 bits per heavy atom. The molecule has 1 aliphatic rings. The van der Waals surface area contributed by atoms with Crippen LogP contribution in [0.2, 0.25) is 0 Å². The number of nitrogens with two attached hydrogens (primary N) is 1. The molecule has 2 N–H and O–H groups in total. The van der Waals surface area contributed by atoms with E-state index in [2.05, 4.69) is 49.6 Å². The number of rotatable bonds is 3. The van der Waals surface area contributed by atoms with Crippen LogP contribution in [0.1, 0.15) is 45.9 Å². The number of imidazole rings is 1. The Hall–Kier alpha value is -1.35. The highest BCUT2D eigenvalue weighted by Gasteiger charge is 2.38. The molecule has 1 aromatic carbocycles. The molecule has 0 amide bonds. The normalized spacial score (nSPS) is 18.2. The second-order valence-corrected chi connectivity index (χ2v) is 7.26. The first-order valence-corrected chi connectivity index (χ1v) is 7.62. The first-order chi connectivity index (χ1) is 9.45. The van der Waals surface area contributed by atoms with Crippen molar-refractivity contribution in [1.29, 1.82) is 0 Å². The molecule has 108 valence electrons. The van der Waals surface area contributed by atoms with Crippen LogP contribution in [0.15, 0.2) is 24.3 Å². The van der Waals surface area contributed by atoms with E-state index in [1.807, 2.05) is 0 Å². The Balaban J connectivity index is 2.10. The molecule has 3 nitrogen and oxygen atoms in total. The summed E-state index contributed by atoms with van der Waals surface area (Å²) in [7, 11) is 0. The summed E-state index contributed by atoms with van der Waals surface area (Å²) in [6, 6.07) is 8.44. The molecule has 3 rings (SSSR count). The summed E-state index contributed by atoms with van der Waals surface area (Å²) >= 11 is 0. The van der Waals surface area contributed by atoms with Gasteiger partial charge in [-0.1, -0.05) is 18.6 Å². The summed E-state index contributed by atoms with van der Waals surface area (Å²) in [6.45, 7) is 7.53. The lowest BCUT2D eigenvalue weighted by Crippen LogP contribution is -2.40. The predicted molar refractivity (Wildman–Crippen MR) is 83.8 cm³/mol. The van der Waals surface area contributed by atoms with Gasteiger partial charge < -0.3 is 10.3 Å². The van der Waals surface area contributed by atoms with Gasteiger partial charge in [-0.25, -0.2) is 4.98 Å². The molecule has 1 aliphatic carbocycles. The largest absolute Gasteiger partial charge is 0.330 e. The first kappa shape index (κ1) is 13.6. The maximum atomic E-state index is 6.03. The van der Waals surface area contributed by atoms with E-state index in [9.17, 15) is 0 Å². The van der Waals surface area contributed by atoms with Gasteiger partial charge in [0.2, 0.25) is 0 Å². The monoisotopic (exact) mass is 271 g/mol. The van der Waals surface area contributed by atoms with Crippen LogP contribution < -0.4 is 5.73 Å². The third-order valence-corrected chi connectivity index (χ3v) is 4.68. The molecule has 0 bridgehead atoms. The van der Waals surface area contributed by atoms with Crippen molar-refractivity contribution in [3.05, 3.63) is 30.1 Å². The van der Waals surface area contributed by atoms with Crippen molar-refractivity contribution in [3.63, 3.8) is 0 Å². The van der Waals surface area contributed by atoms with Crippen molar-refractivity contribution >= 4 is 11.0 Å². The number of hydrogen-bond acceptors (Lipinski definition) is 2. The molecule has 0 unspecified atom stereocenters. The van der Waals surface area contributed by atoms with Gasteiger partial charge in [0.1, 0.15) is 5.82 Å². The van der Waals surface area contributed by atoms with Gasteiger partial charge in [0, 0.05) is 12.0 Å². The molecular weight excluding hydrogens is 246 g/mol. The Morgan fingerprint density at radius 3 is 2.50 bits per heavy atom. The molecule has 3 heteroatoms. The van der Waals surface area contributed by atoms with Gasteiger partial charge in [-0.15, -0.1) is 0 Å². The van der Waals surface area contributed by atoms with Crippen molar-refractivity contribution in [1.82, 2.24) is 9.55 Å². The minimum Gasteiger partial charge on any atom is -0.330 e. The van der Waals surface area contributed by atoms with Crippen LogP contribution in [-0.4, -0.2) is 16.1 Å². The molecule has 20 heavy (non-hydrogen) atoms. The van der Waals surface area contributed by atoms with Crippen molar-refractivity contribution < 1.29 is 0 Å². The number of benzene rings is 1. The molecule has 0 spiro atoms. The summed E-state index contributed by atoms with van der Waals surface area (Å²) in [5, 5.41) is 0. The van der Waals surface area contributed by atoms with E-state index in [-0.39, 0.29) is 5.54 Å². The number of aromatic nitrogens is 2. The zero-order valence-corrected chi connectivity index (χ0v) is 12.8. The highest BCUT2D eigenvalue weighted by molar-refractivity contribution is 5.76. The minimum absolute atomic E-state index is 0.0466. The van der Waals surface area contributed by atoms with Gasteiger partial charge in [0.05, 0.1) is 11.0 Å². The van der Waals surface area contributed by atoms with E-state index in [1.54, 1.807) is 0 Å². The lowest BCUT2D eigenvalue weighted by atomic mass is 9.66. The lowest BCUT2D eigenvalue weighted by Gasteiger charge is -2.41. The Kier molecular flexibility index (Phi) is 3.13. The Morgan fingerprint density at radius 2 is 1.95 bits per heavy atom. The number of para-hydroxylation sites is 2. The summed E-state index contributed by atoms with van der Waals surface area (Å²) in [4.78, 5) is 4.90.